The Morgan fingerprint density at radius 2 is 2.10 bits per heavy atom. The molecule has 1 saturated carbocycles. The fraction of sp³-hybridized carbons (Fsp3) is 0.462. The molecule has 5 nitrogen and oxygen atoms in total. The molecule has 0 spiro atoms. The van der Waals surface area contributed by atoms with Crippen LogP contribution in [0.4, 0.5) is 14.5 Å². The van der Waals surface area contributed by atoms with Crippen molar-refractivity contribution in [3.63, 3.8) is 0 Å². The first-order chi connectivity index (χ1) is 9.41. The molecule has 0 aromatic heterocycles. The third kappa shape index (κ3) is 2.61. The maximum Gasteiger partial charge on any atom is 0.305 e. The minimum absolute atomic E-state index is 0.341. The summed E-state index contributed by atoms with van der Waals surface area (Å²) >= 11 is 0. The summed E-state index contributed by atoms with van der Waals surface area (Å²) in [6.45, 7) is 0.403. The topological polar surface area (TPSA) is 63.5 Å². The van der Waals surface area contributed by atoms with Gasteiger partial charge in [0, 0.05) is 19.7 Å². The number of rotatable bonds is 4. The van der Waals surface area contributed by atoms with Crippen molar-refractivity contribution in [2.45, 2.75) is 19.3 Å². The smallest absolute Gasteiger partial charge is 0.305 e. The summed E-state index contributed by atoms with van der Waals surface area (Å²) in [6.07, 6.45) is 3.06. The maximum atomic E-state index is 13.9. The van der Waals surface area contributed by atoms with Crippen LogP contribution in [0.25, 0.3) is 0 Å². The van der Waals surface area contributed by atoms with Gasteiger partial charge < -0.3 is 4.90 Å². The lowest BCUT2D eigenvalue weighted by Gasteiger charge is -2.30. The van der Waals surface area contributed by atoms with Gasteiger partial charge in [0.15, 0.2) is 0 Å². The van der Waals surface area contributed by atoms with Gasteiger partial charge >= 0.3 is 5.69 Å². The number of amides is 1. The van der Waals surface area contributed by atoms with Crippen molar-refractivity contribution >= 4 is 11.6 Å². The Hall–Kier alpha value is -2.05. The zero-order valence-electron chi connectivity index (χ0n) is 10.9. The Morgan fingerprint density at radius 3 is 2.60 bits per heavy atom. The van der Waals surface area contributed by atoms with Crippen molar-refractivity contribution in [2.24, 2.45) is 5.92 Å². The van der Waals surface area contributed by atoms with E-state index in [1.165, 1.54) is 11.9 Å². The van der Waals surface area contributed by atoms with Gasteiger partial charge in [-0.2, -0.15) is 4.39 Å². The predicted molar refractivity (Wildman–Crippen MR) is 67.3 cm³/mol. The fourth-order valence-corrected chi connectivity index (χ4v) is 2.21. The second-order valence-corrected chi connectivity index (χ2v) is 5.00. The molecule has 0 radical (unpaired) electrons. The van der Waals surface area contributed by atoms with Crippen LogP contribution >= 0.6 is 0 Å². The van der Waals surface area contributed by atoms with Crippen LogP contribution in [0.5, 0.6) is 0 Å². The molecule has 0 saturated heterocycles. The van der Waals surface area contributed by atoms with E-state index in [2.05, 4.69) is 0 Å². The van der Waals surface area contributed by atoms with Gasteiger partial charge in [-0.1, -0.05) is 6.42 Å². The lowest BCUT2D eigenvalue weighted by molar-refractivity contribution is -0.387. The number of nitrogens with zero attached hydrogens (tertiary/aromatic N) is 2. The van der Waals surface area contributed by atoms with Gasteiger partial charge in [0.05, 0.1) is 4.92 Å². The van der Waals surface area contributed by atoms with Crippen LogP contribution < -0.4 is 0 Å². The molecular weight excluding hydrogens is 270 g/mol. The van der Waals surface area contributed by atoms with Crippen LogP contribution in [-0.2, 0) is 0 Å². The number of carbonyl (C=O) groups is 1. The minimum atomic E-state index is -1.42. The molecular formula is C13H14F2N2O3. The predicted octanol–water partition coefficient (Wildman–Crippen LogP) is 2.75. The van der Waals surface area contributed by atoms with Crippen molar-refractivity contribution in [2.75, 3.05) is 13.6 Å². The second-order valence-electron chi connectivity index (χ2n) is 5.00. The maximum absolute atomic E-state index is 13.9. The van der Waals surface area contributed by atoms with Crippen LogP contribution in [0.1, 0.15) is 29.6 Å². The summed E-state index contributed by atoms with van der Waals surface area (Å²) < 4.78 is 27.5. The van der Waals surface area contributed by atoms with Crippen molar-refractivity contribution in [1.82, 2.24) is 4.90 Å². The number of nitro benzene ring substituents is 1. The highest BCUT2D eigenvalue weighted by Gasteiger charge is 2.29. The van der Waals surface area contributed by atoms with E-state index < -0.39 is 33.7 Å². The Kier molecular flexibility index (Phi) is 3.96. The van der Waals surface area contributed by atoms with E-state index in [1.807, 2.05) is 0 Å². The molecule has 1 amide bonds. The molecule has 108 valence electrons. The average Bonchev–Trinajstić information content (AvgIpc) is 2.32. The van der Waals surface area contributed by atoms with Crippen LogP contribution in [0.15, 0.2) is 12.1 Å². The molecule has 0 aliphatic heterocycles. The molecule has 0 atom stereocenters. The zero-order valence-corrected chi connectivity index (χ0v) is 10.9. The van der Waals surface area contributed by atoms with Gasteiger partial charge in [0.2, 0.25) is 5.82 Å². The van der Waals surface area contributed by atoms with Gasteiger partial charge in [0.25, 0.3) is 5.91 Å². The van der Waals surface area contributed by atoms with E-state index in [4.69, 9.17) is 0 Å². The van der Waals surface area contributed by atoms with Crippen LogP contribution in [0.2, 0.25) is 0 Å². The van der Waals surface area contributed by atoms with Crippen molar-refractivity contribution in [3.8, 4) is 0 Å². The molecule has 2 rings (SSSR count). The Morgan fingerprint density at radius 1 is 1.45 bits per heavy atom. The van der Waals surface area contributed by atoms with Crippen LogP contribution in [0, 0.1) is 27.7 Å². The molecule has 1 aliphatic rings. The van der Waals surface area contributed by atoms with E-state index in [1.54, 1.807) is 0 Å². The standard InChI is InChI=1S/C13H14F2N2O3/c1-16(7-8-3-2-4-8)13(18)11-9(14)5-6-10(12(11)15)17(19)20/h5-6,8H,2-4,7H2,1H3. The molecule has 1 aromatic carbocycles. The highest BCUT2D eigenvalue weighted by atomic mass is 19.1. The summed E-state index contributed by atoms with van der Waals surface area (Å²) in [5, 5.41) is 10.6. The Balaban J connectivity index is 2.28. The fourth-order valence-electron chi connectivity index (χ4n) is 2.21. The van der Waals surface area contributed by atoms with Gasteiger partial charge in [-0.3, -0.25) is 14.9 Å². The number of hydrogen-bond acceptors (Lipinski definition) is 3. The minimum Gasteiger partial charge on any atom is -0.341 e. The number of hydrogen-bond donors (Lipinski definition) is 0. The first kappa shape index (κ1) is 14.4. The molecule has 0 N–H and O–H groups in total. The van der Waals surface area contributed by atoms with Crippen LogP contribution in [0.3, 0.4) is 0 Å². The first-order valence-corrected chi connectivity index (χ1v) is 6.29. The number of benzene rings is 1. The van der Waals surface area contributed by atoms with Gasteiger partial charge in [0.1, 0.15) is 11.4 Å². The first-order valence-electron chi connectivity index (χ1n) is 6.29. The van der Waals surface area contributed by atoms with E-state index in [0.717, 1.165) is 25.3 Å². The molecule has 1 fully saturated rings. The monoisotopic (exact) mass is 284 g/mol. The van der Waals surface area contributed by atoms with Crippen molar-refractivity contribution < 1.29 is 18.5 Å². The SMILES string of the molecule is CN(CC1CCC1)C(=O)c1c(F)ccc([N+](=O)[O-])c1F. The van der Waals surface area contributed by atoms with E-state index in [9.17, 15) is 23.7 Å². The molecule has 1 aliphatic carbocycles. The van der Waals surface area contributed by atoms with Gasteiger partial charge in [-0.15, -0.1) is 0 Å². The van der Waals surface area contributed by atoms with Gasteiger partial charge in [-0.25, -0.2) is 4.39 Å². The molecule has 0 bridgehead atoms. The summed E-state index contributed by atoms with van der Waals surface area (Å²) in [5.41, 5.74) is -1.76. The highest BCUT2D eigenvalue weighted by Crippen LogP contribution is 2.28. The molecule has 0 unspecified atom stereocenters. The third-order valence-electron chi connectivity index (χ3n) is 3.58. The lowest BCUT2D eigenvalue weighted by atomic mass is 9.85. The van der Waals surface area contributed by atoms with Crippen molar-refractivity contribution in [1.29, 1.82) is 0 Å². The lowest BCUT2D eigenvalue weighted by Crippen LogP contribution is -2.35. The third-order valence-corrected chi connectivity index (χ3v) is 3.58. The highest BCUT2D eigenvalue weighted by molar-refractivity contribution is 5.95. The number of nitro groups is 1. The summed E-state index contributed by atoms with van der Waals surface area (Å²) in [7, 11) is 1.44. The molecule has 1 aromatic rings. The van der Waals surface area contributed by atoms with E-state index in [-0.39, 0.29) is 0 Å². The van der Waals surface area contributed by atoms with E-state index >= 15 is 0 Å². The largest absolute Gasteiger partial charge is 0.341 e. The summed E-state index contributed by atoms with van der Waals surface area (Å²) in [6, 6.07) is 1.46. The summed E-state index contributed by atoms with van der Waals surface area (Å²) in [4.78, 5) is 22.9. The molecule has 7 heteroatoms. The van der Waals surface area contributed by atoms with Gasteiger partial charge in [-0.05, 0) is 24.8 Å². The molecule has 20 heavy (non-hydrogen) atoms. The number of carbonyl (C=O) groups excluding carboxylic acids is 1. The Labute approximate surface area is 114 Å². The van der Waals surface area contributed by atoms with Crippen molar-refractivity contribution in [3.05, 3.63) is 39.4 Å². The molecule has 0 heterocycles. The second kappa shape index (κ2) is 5.52. The normalized spacial score (nSPS) is 14.8. The van der Waals surface area contributed by atoms with Crippen LogP contribution in [-0.4, -0.2) is 29.3 Å². The quantitative estimate of drug-likeness (QED) is 0.631. The van der Waals surface area contributed by atoms with E-state index in [0.29, 0.717) is 18.5 Å². The zero-order chi connectivity index (χ0) is 14.9. The number of halogens is 2. The summed E-state index contributed by atoms with van der Waals surface area (Å²) in [5.74, 6) is -3.02. The average molecular weight is 284 g/mol. The Bertz CT molecular complexity index is 559.